The molecule has 9 heteroatoms. The van der Waals surface area contributed by atoms with Crippen LogP contribution in [0.2, 0.25) is 0 Å². The Bertz CT molecular complexity index is 1430. The van der Waals surface area contributed by atoms with Crippen molar-refractivity contribution in [2.24, 2.45) is 5.10 Å². The van der Waals surface area contributed by atoms with E-state index in [1.165, 1.54) is 0 Å². The molecule has 34 heavy (non-hydrogen) atoms. The predicted molar refractivity (Wildman–Crippen MR) is 135 cm³/mol. The van der Waals surface area contributed by atoms with E-state index in [1.54, 1.807) is 55.5 Å². The van der Waals surface area contributed by atoms with Gasteiger partial charge < -0.3 is 0 Å². The third-order valence-corrected chi connectivity index (χ3v) is 8.77. The quantitative estimate of drug-likeness (QED) is 0.516. The van der Waals surface area contributed by atoms with E-state index in [0.717, 1.165) is 21.1 Å². The highest BCUT2D eigenvalue weighted by atomic mass is 32.2. The van der Waals surface area contributed by atoms with Crippen LogP contribution in [-0.2, 0) is 20.0 Å². The summed E-state index contributed by atoms with van der Waals surface area (Å²) in [6, 6.07) is 20.7. The molecule has 1 aliphatic heterocycles. The Labute approximate surface area is 201 Å². The average Bonchev–Trinajstić information content (AvgIpc) is 3.26. The van der Waals surface area contributed by atoms with Gasteiger partial charge in [0.1, 0.15) is 0 Å². The standard InChI is InChI=1S/C25H27N3O4S2/c1-4-33(29,30)27-23-8-6-5-7-22(23)24-17-25(20-13-9-18(2)10-14-20)28(26-24)34(31,32)21-15-11-19(3)12-16-21/h5-16,25,27H,4,17H2,1-3H3. The number of benzene rings is 3. The number of para-hydroxylation sites is 1. The first kappa shape index (κ1) is 24.0. The zero-order chi connectivity index (χ0) is 24.5. The van der Waals surface area contributed by atoms with Gasteiger partial charge in [-0.15, -0.1) is 0 Å². The third kappa shape index (κ3) is 4.85. The second-order valence-electron chi connectivity index (χ2n) is 8.32. The van der Waals surface area contributed by atoms with Gasteiger partial charge in [0.2, 0.25) is 10.0 Å². The molecule has 4 rings (SSSR count). The number of hydrazone groups is 1. The molecule has 0 saturated carbocycles. The zero-order valence-electron chi connectivity index (χ0n) is 19.3. The number of hydrogen-bond acceptors (Lipinski definition) is 5. The smallest absolute Gasteiger partial charge is 0.279 e. The molecule has 0 aliphatic carbocycles. The summed E-state index contributed by atoms with van der Waals surface area (Å²) in [4.78, 5) is 0.153. The Morgan fingerprint density at radius 3 is 2.09 bits per heavy atom. The molecule has 7 nitrogen and oxygen atoms in total. The molecule has 0 fully saturated rings. The number of sulfonamides is 2. The molecule has 3 aromatic carbocycles. The van der Waals surface area contributed by atoms with E-state index in [4.69, 9.17) is 0 Å². The van der Waals surface area contributed by atoms with E-state index in [0.29, 0.717) is 23.4 Å². The maximum absolute atomic E-state index is 13.6. The molecule has 0 amide bonds. The second kappa shape index (κ2) is 9.23. The monoisotopic (exact) mass is 497 g/mol. The highest BCUT2D eigenvalue weighted by Gasteiger charge is 2.38. The number of nitrogens with zero attached hydrogens (tertiary/aromatic N) is 2. The van der Waals surface area contributed by atoms with Gasteiger partial charge in [0.25, 0.3) is 10.0 Å². The van der Waals surface area contributed by atoms with Crippen molar-refractivity contribution in [3.05, 3.63) is 95.1 Å². The maximum Gasteiger partial charge on any atom is 0.279 e. The molecule has 0 aromatic heterocycles. The average molecular weight is 498 g/mol. The van der Waals surface area contributed by atoms with Crippen molar-refractivity contribution in [1.29, 1.82) is 0 Å². The molecule has 1 heterocycles. The number of nitrogens with one attached hydrogen (secondary N) is 1. The van der Waals surface area contributed by atoms with Gasteiger partial charge in [0.05, 0.1) is 28.1 Å². The van der Waals surface area contributed by atoms with Crippen LogP contribution in [0.4, 0.5) is 5.69 Å². The van der Waals surface area contributed by atoms with Gasteiger partial charge in [-0.25, -0.2) is 8.42 Å². The molecular formula is C25H27N3O4S2. The lowest BCUT2D eigenvalue weighted by Gasteiger charge is -2.23. The Hall–Kier alpha value is -3.17. The first-order valence-corrected chi connectivity index (χ1v) is 14.0. The summed E-state index contributed by atoms with van der Waals surface area (Å²) in [5.41, 5.74) is 4.26. The van der Waals surface area contributed by atoms with Crippen LogP contribution >= 0.6 is 0 Å². The molecule has 0 spiro atoms. The fourth-order valence-corrected chi connectivity index (χ4v) is 5.88. The van der Waals surface area contributed by atoms with E-state index in [1.807, 2.05) is 38.1 Å². The molecule has 3 aromatic rings. The van der Waals surface area contributed by atoms with Crippen LogP contribution in [0.3, 0.4) is 0 Å². The highest BCUT2D eigenvalue weighted by Crippen LogP contribution is 2.38. The van der Waals surface area contributed by atoms with E-state index >= 15 is 0 Å². The Balaban J connectivity index is 1.82. The molecule has 0 saturated heterocycles. The summed E-state index contributed by atoms with van der Waals surface area (Å²) < 4.78 is 55.5. The summed E-state index contributed by atoms with van der Waals surface area (Å²) in [7, 11) is -7.47. The van der Waals surface area contributed by atoms with Crippen molar-refractivity contribution in [3.8, 4) is 0 Å². The van der Waals surface area contributed by atoms with Gasteiger partial charge in [0, 0.05) is 12.0 Å². The Morgan fingerprint density at radius 2 is 1.47 bits per heavy atom. The van der Waals surface area contributed by atoms with Crippen LogP contribution in [-0.4, -0.2) is 32.7 Å². The van der Waals surface area contributed by atoms with E-state index in [-0.39, 0.29) is 10.6 Å². The third-order valence-electron chi connectivity index (χ3n) is 5.78. The first-order chi connectivity index (χ1) is 16.1. The SMILES string of the molecule is CCS(=O)(=O)Nc1ccccc1C1=NN(S(=O)(=O)c2ccc(C)cc2)C(c2ccc(C)cc2)C1. The summed E-state index contributed by atoms with van der Waals surface area (Å²) >= 11 is 0. The predicted octanol–water partition coefficient (Wildman–Crippen LogP) is 4.61. The molecule has 1 unspecified atom stereocenters. The van der Waals surface area contributed by atoms with Crippen LogP contribution < -0.4 is 4.72 Å². The van der Waals surface area contributed by atoms with E-state index < -0.39 is 26.1 Å². The van der Waals surface area contributed by atoms with Gasteiger partial charge in [0.15, 0.2) is 0 Å². The van der Waals surface area contributed by atoms with Gasteiger partial charge in [-0.3, -0.25) is 4.72 Å². The molecular weight excluding hydrogens is 470 g/mol. The van der Waals surface area contributed by atoms with Crippen LogP contribution in [0.25, 0.3) is 0 Å². The van der Waals surface area contributed by atoms with Crippen LogP contribution in [0.15, 0.2) is 82.8 Å². The fourth-order valence-electron chi connectivity index (χ4n) is 3.79. The van der Waals surface area contributed by atoms with Crippen molar-refractivity contribution >= 4 is 31.4 Å². The first-order valence-electron chi connectivity index (χ1n) is 11.0. The molecule has 178 valence electrons. The largest absolute Gasteiger partial charge is 0.283 e. The molecule has 0 bridgehead atoms. The van der Waals surface area contributed by atoms with E-state index in [2.05, 4.69) is 9.82 Å². The Kier molecular flexibility index (Phi) is 6.51. The highest BCUT2D eigenvalue weighted by molar-refractivity contribution is 7.92. The Morgan fingerprint density at radius 1 is 0.882 bits per heavy atom. The number of hydrogen-bond donors (Lipinski definition) is 1. The zero-order valence-corrected chi connectivity index (χ0v) is 20.9. The molecule has 1 aliphatic rings. The summed E-state index contributed by atoms with van der Waals surface area (Å²) in [6.45, 7) is 5.42. The number of rotatable bonds is 7. The van der Waals surface area contributed by atoms with Crippen molar-refractivity contribution in [2.75, 3.05) is 10.5 Å². The number of aryl methyl sites for hydroxylation is 2. The topological polar surface area (TPSA) is 95.9 Å². The minimum atomic E-state index is -3.95. The molecule has 1 atom stereocenters. The maximum atomic E-state index is 13.6. The molecule has 1 N–H and O–H groups in total. The van der Waals surface area contributed by atoms with Gasteiger partial charge in [-0.2, -0.15) is 17.9 Å². The van der Waals surface area contributed by atoms with Crippen LogP contribution in [0, 0.1) is 13.8 Å². The lowest BCUT2D eigenvalue weighted by Crippen LogP contribution is -2.27. The normalized spacial score (nSPS) is 16.4. The van der Waals surface area contributed by atoms with Gasteiger partial charge >= 0.3 is 0 Å². The van der Waals surface area contributed by atoms with Crippen LogP contribution in [0.1, 0.15) is 41.6 Å². The van der Waals surface area contributed by atoms with Gasteiger partial charge in [-0.05, 0) is 44.5 Å². The summed E-state index contributed by atoms with van der Waals surface area (Å²) in [5, 5.41) is 4.55. The van der Waals surface area contributed by atoms with E-state index in [9.17, 15) is 16.8 Å². The van der Waals surface area contributed by atoms with Crippen molar-refractivity contribution in [2.45, 2.75) is 38.1 Å². The van der Waals surface area contributed by atoms with Crippen molar-refractivity contribution in [3.63, 3.8) is 0 Å². The minimum absolute atomic E-state index is 0.0757. The summed E-state index contributed by atoms with van der Waals surface area (Å²) in [5.74, 6) is -0.0757. The molecule has 0 radical (unpaired) electrons. The second-order valence-corrected chi connectivity index (χ2v) is 12.1. The lowest BCUT2D eigenvalue weighted by atomic mass is 9.98. The van der Waals surface area contributed by atoms with Crippen LogP contribution in [0.5, 0.6) is 0 Å². The minimum Gasteiger partial charge on any atom is -0.283 e. The van der Waals surface area contributed by atoms with Crippen molar-refractivity contribution in [1.82, 2.24) is 4.41 Å². The lowest BCUT2D eigenvalue weighted by molar-refractivity contribution is 0.371. The van der Waals surface area contributed by atoms with Crippen molar-refractivity contribution < 1.29 is 16.8 Å². The summed E-state index contributed by atoms with van der Waals surface area (Å²) in [6.07, 6.45) is 0.305. The van der Waals surface area contributed by atoms with Gasteiger partial charge in [-0.1, -0.05) is 65.7 Å². The number of anilines is 1. The fraction of sp³-hybridized carbons (Fsp3) is 0.240.